The molecule has 0 aromatic heterocycles. The smallest absolute Gasteiger partial charge is 0.254 e. The number of carbonyl (C=O) groups is 1. The van der Waals surface area contributed by atoms with E-state index in [9.17, 15) is 9.18 Å². The van der Waals surface area contributed by atoms with E-state index in [1.54, 1.807) is 0 Å². The van der Waals surface area contributed by atoms with Gasteiger partial charge in [-0.1, -0.05) is 30.3 Å². The quantitative estimate of drug-likeness (QED) is 0.785. The molecule has 1 aromatic rings. The molecule has 0 bridgehead atoms. The number of amides is 1. The number of piperidine rings is 1. The van der Waals surface area contributed by atoms with Gasteiger partial charge in [0.2, 0.25) is 0 Å². The summed E-state index contributed by atoms with van der Waals surface area (Å²) >= 11 is 0. The summed E-state index contributed by atoms with van der Waals surface area (Å²) in [6, 6.07) is 9.75. The van der Waals surface area contributed by atoms with E-state index in [0.717, 1.165) is 12.0 Å². The van der Waals surface area contributed by atoms with Gasteiger partial charge in [0.05, 0.1) is 0 Å². The first-order valence-electron chi connectivity index (χ1n) is 5.23. The van der Waals surface area contributed by atoms with Gasteiger partial charge < -0.3 is 5.32 Å². The van der Waals surface area contributed by atoms with E-state index in [0.29, 0.717) is 13.0 Å². The van der Waals surface area contributed by atoms with Crippen LogP contribution in [0.3, 0.4) is 0 Å². The Hall–Kier alpha value is -1.38. The fourth-order valence-electron chi connectivity index (χ4n) is 1.96. The molecule has 2 atom stereocenters. The third-order valence-electron chi connectivity index (χ3n) is 2.82. The molecule has 0 spiro atoms. The van der Waals surface area contributed by atoms with Crippen molar-refractivity contribution in [2.45, 2.75) is 19.0 Å². The number of hydrogen-bond acceptors (Lipinski definition) is 1. The van der Waals surface area contributed by atoms with Gasteiger partial charge in [0, 0.05) is 12.5 Å². The lowest BCUT2D eigenvalue weighted by Gasteiger charge is -2.25. The minimum absolute atomic E-state index is 0.166. The maximum Gasteiger partial charge on any atom is 0.254 e. The lowest BCUT2D eigenvalue weighted by Crippen LogP contribution is -2.44. The Morgan fingerprint density at radius 2 is 2.07 bits per heavy atom. The SMILES string of the molecule is O=C1NCCC(Cc2ccccc2)C1F. The molecular weight excluding hydrogens is 193 g/mol. The van der Waals surface area contributed by atoms with E-state index in [2.05, 4.69) is 5.32 Å². The highest BCUT2D eigenvalue weighted by Crippen LogP contribution is 2.21. The van der Waals surface area contributed by atoms with E-state index in [1.807, 2.05) is 30.3 Å². The number of halogens is 1. The molecule has 2 unspecified atom stereocenters. The van der Waals surface area contributed by atoms with Crippen LogP contribution < -0.4 is 5.32 Å². The maximum absolute atomic E-state index is 13.5. The Labute approximate surface area is 88.5 Å². The van der Waals surface area contributed by atoms with Gasteiger partial charge in [0.15, 0.2) is 6.17 Å². The largest absolute Gasteiger partial charge is 0.354 e. The Morgan fingerprint density at radius 3 is 2.80 bits per heavy atom. The van der Waals surface area contributed by atoms with Gasteiger partial charge in [-0.25, -0.2) is 4.39 Å². The number of benzene rings is 1. The number of hydrogen-bond donors (Lipinski definition) is 1. The average Bonchev–Trinajstić information content (AvgIpc) is 2.26. The van der Waals surface area contributed by atoms with Crippen molar-refractivity contribution in [1.29, 1.82) is 0 Å². The monoisotopic (exact) mass is 207 g/mol. The van der Waals surface area contributed by atoms with Crippen molar-refractivity contribution >= 4 is 5.91 Å². The highest BCUT2D eigenvalue weighted by atomic mass is 19.1. The fourth-order valence-corrected chi connectivity index (χ4v) is 1.96. The van der Waals surface area contributed by atoms with Gasteiger partial charge in [-0.15, -0.1) is 0 Å². The maximum atomic E-state index is 13.5. The van der Waals surface area contributed by atoms with Crippen LogP contribution in [0.15, 0.2) is 30.3 Å². The van der Waals surface area contributed by atoms with Crippen LogP contribution in [0.1, 0.15) is 12.0 Å². The van der Waals surface area contributed by atoms with Gasteiger partial charge in [0.25, 0.3) is 5.91 Å². The molecule has 1 aliphatic heterocycles. The number of nitrogens with one attached hydrogen (secondary N) is 1. The number of rotatable bonds is 2. The van der Waals surface area contributed by atoms with Gasteiger partial charge >= 0.3 is 0 Å². The van der Waals surface area contributed by atoms with Gasteiger partial charge in [0.1, 0.15) is 0 Å². The highest BCUT2D eigenvalue weighted by molar-refractivity contribution is 5.81. The van der Waals surface area contributed by atoms with Crippen LogP contribution in [0.2, 0.25) is 0 Å². The predicted molar refractivity (Wildman–Crippen MR) is 56.2 cm³/mol. The zero-order valence-corrected chi connectivity index (χ0v) is 8.45. The second-order valence-electron chi connectivity index (χ2n) is 3.93. The summed E-state index contributed by atoms with van der Waals surface area (Å²) in [4.78, 5) is 11.1. The van der Waals surface area contributed by atoms with Crippen molar-refractivity contribution in [3.63, 3.8) is 0 Å². The third kappa shape index (κ3) is 2.35. The minimum atomic E-state index is -1.35. The van der Waals surface area contributed by atoms with Crippen LogP contribution in [0.4, 0.5) is 4.39 Å². The van der Waals surface area contributed by atoms with Crippen LogP contribution >= 0.6 is 0 Å². The molecule has 2 nitrogen and oxygen atoms in total. The molecular formula is C12H14FNO. The molecule has 80 valence electrons. The zero-order chi connectivity index (χ0) is 10.7. The van der Waals surface area contributed by atoms with Crippen molar-refractivity contribution in [3.05, 3.63) is 35.9 Å². The van der Waals surface area contributed by atoms with Crippen LogP contribution in [0, 0.1) is 5.92 Å². The molecule has 2 rings (SSSR count). The van der Waals surface area contributed by atoms with E-state index in [-0.39, 0.29) is 5.92 Å². The lowest BCUT2D eigenvalue weighted by atomic mass is 9.89. The van der Waals surface area contributed by atoms with E-state index in [4.69, 9.17) is 0 Å². The first-order chi connectivity index (χ1) is 7.27. The molecule has 0 aliphatic carbocycles. The summed E-state index contributed by atoms with van der Waals surface area (Å²) in [5, 5.41) is 2.53. The normalized spacial score (nSPS) is 26.1. The van der Waals surface area contributed by atoms with E-state index in [1.165, 1.54) is 0 Å². The Balaban J connectivity index is 2.02. The van der Waals surface area contributed by atoms with Crippen molar-refractivity contribution in [1.82, 2.24) is 5.32 Å². The predicted octanol–water partition coefficient (Wildman–Crippen LogP) is 1.70. The molecule has 1 N–H and O–H groups in total. The second-order valence-corrected chi connectivity index (χ2v) is 3.93. The summed E-state index contributed by atoms with van der Waals surface area (Å²) in [5.74, 6) is -0.622. The molecule has 1 amide bonds. The van der Waals surface area contributed by atoms with Crippen LogP contribution in [0.25, 0.3) is 0 Å². The molecule has 1 aliphatic rings. The minimum Gasteiger partial charge on any atom is -0.354 e. The third-order valence-corrected chi connectivity index (χ3v) is 2.82. The molecule has 3 heteroatoms. The molecule has 15 heavy (non-hydrogen) atoms. The molecule has 0 saturated carbocycles. The summed E-state index contributed by atoms with van der Waals surface area (Å²) in [6.07, 6.45) is 0.0241. The average molecular weight is 207 g/mol. The number of alkyl halides is 1. The topological polar surface area (TPSA) is 29.1 Å². The van der Waals surface area contributed by atoms with Crippen LogP contribution in [0.5, 0.6) is 0 Å². The Kier molecular flexibility index (Phi) is 2.99. The summed E-state index contributed by atoms with van der Waals surface area (Å²) in [7, 11) is 0. The van der Waals surface area contributed by atoms with E-state index < -0.39 is 12.1 Å². The Bertz CT molecular complexity index is 339. The standard InChI is InChI=1S/C12H14FNO/c13-11-10(6-7-14-12(11)15)8-9-4-2-1-3-5-9/h1-5,10-11H,6-8H2,(H,14,15). The van der Waals surface area contributed by atoms with Crippen molar-refractivity contribution in [2.24, 2.45) is 5.92 Å². The summed E-state index contributed by atoms with van der Waals surface area (Å²) in [5.41, 5.74) is 1.10. The Morgan fingerprint density at radius 1 is 1.33 bits per heavy atom. The summed E-state index contributed by atoms with van der Waals surface area (Å²) < 4.78 is 13.5. The van der Waals surface area contributed by atoms with Crippen LogP contribution in [-0.4, -0.2) is 18.6 Å². The second kappa shape index (κ2) is 4.43. The molecule has 1 heterocycles. The zero-order valence-electron chi connectivity index (χ0n) is 8.45. The van der Waals surface area contributed by atoms with Crippen molar-refractivity contribution in [3.8, 4) is 0 Å². The number of carbonyl (C=O) groups excluding carboxylic acids is 1. The molecule has 1 aromatic carbocycles. The van der Waals surface area contributed by atoms with Gasteiger partial charge in [-0.2, -0.15) is 0 Å². The van der Waals surface area contributed by atoms with Gasteiger partial charge in [-0.05, 0) is 18.4 Å². The van der Waals surface area contributed by atoms with Gasteiger partial charge in [-0.3, -0.25) is 4.79 Å². The van der Waals surface area contributed by atoms with Crippen molar-refractivity contribution in [2.75, 3.05) is 6.54 Å². The summed E-state index contributed by atoms with van der Waals surface area (Å²) in [6.45, 7) is 0.594. The fraction of sp³-hybridized carbons (Fsp3) is 0.417. The molecule has 0 radical (unpaired) electrons. The first-order valence-corrected chi connectivity index (χ1v) is 5.23. The van der Waals surface area contributed by atoms with Crippen molar-refractivity contribution < 1.29 is 9.18 Å². The van der Waals surface area contributed by atoms with Crippen LogP contribution in [-0.2, 0) is 11.2 Å². The van der Waals surface area contributed by atoms with E-state index >= 15 is 0 Å². The lowest BCUT2D eigenvalue weighted by molar-refractivity contribution is -0.129. The first kappa shape index (κ1) is 10.1. The highest BCUT2D eigenvalue weighted by Gasteiger charge is 2.31. The molecule has 1 fully saturated rings. The molecule has 1 saturated heterocycles.